The van der Waals surface area contributed by atoms with E-state index < -0.39 is 11.7 Å². The number of benzene rings is 2. The zero-order valence-electron chi connectivity index (χ0n) is 21.1. The van der Waals surface area contributed by atoms with Crippen molar-refractivity contribution in [3.8, 4) is 11.5 Å². The Hall–Kier alpha value is -3.11. The molecule has 2 fully saturated rings. The summed E-state index contributed by atoms with van der Waals surface area (Å²) in [7, 11) is 1.55. The Labute approximate surface area is 223 Å². The lowest BCUT2D eigenvalue weighted by molar-refractivity contribution is -0.136. The van der Waals surface area contributed by atoms with Crippen LogP contribution in [0.5, 0.6) is 11.5 Å². The number of hydrogen-bond donors (Lipinski definition) is 1. The van der Waals surface area contributed by atoms with E-state index in [0.717, 1.165) is 38.2 Å². The zero-order valence-corrected chi connectivity index (χ0v) is 21.9. The largest absolute Gasteiger partial charge is 0.493 e. The Morgan fingerprint density at radius 3 is 2.66 bits per heavy atom. The summed E-state index contributed by atoms with van der Waals surface area (Å²) in [6.07, 6.45) is 1.86. The van der Waals surface area contributed by atoms with Crippen LogP contribution in [0.25, 0.3) is 10.2 Å². The minimum atomic E-state index is -4.43. The summed E-state index contributed by atoms with van der Waals surface area (Å²) in [6.45, 7) is 4.48. The first kappa shape index (κ1) is 26.5. The fraction of sp³-hybridized carbons (Fsp3) is 0.429. The molecular weight excluding hydrogens is 515 g/mol. The number of rotatable bonds is 8. The SMILES string of the molecule is C=CCOc1cc(C(=O)NC2CC3CCCC(C2)N3Cc2nc3c(C(F)(F)F)cccc3s2)ccc1OC. The molecule has 202 valence electrons. The van der Waals surface area contributed by atoms with Gasteiger partial charge in [-0.15, -0.1) is 11.3 Å². The number of aromatic nitrogens is 1. The minimum Gasteiger partial charge on any atom is -0.493 e. The highest BCUT2D eigenvalue weighted by Crippen LogP contribution is 2.39. The highest BCUT2D eigenvalue weighted by molar-refractivity contribution is 7.18. The number of amides is 1. The Kier molecular flexibility index (Phi) is 7.63. The van der Waals surface area contributed by atoms with E-state index in [2.05, 4.69) is 21.8 Å². The van der Waals surface area contributed by atoms with Gasteiger partial charge < -0.3 is 14.8 Å². The first-order valence-electron chi connectivity index (χ1n) is 12.7. The molecule has 10 heteroatoms. The Morgan fingerprint density at radius 1 is 1.21 bits per heavy atom. The van der Waals surface area contributed by atoms with Crippen molar-refractivity contribution in [2.75, 3.05) is 13.7 Å². The molecule has 3 aromatic rings. The molecule has 5 rings (SSSR count). The van der Waals surface area contributed by atoms with Crippen LogP contribution >= 0.6 is 11.3 Å². The summed E-state index contributed by atoms with van der Waals surface area (Å²) < 4.78 is 51.9. The summed E-state index contributed by atoms with van der Waals surface area (Å²) >= 11 is 1.33. The molecule has 6 nitrogen and oxygen atoms in total. The van der Waals surface area contributed by atoms with Crippen molar-refractivity contribution in [1.29, 1.82) is 0 Å². The fourth-order valence-corrected chi connectivity index (χ4v) is 6.65. The highest BCUT2D eigenvalue weighted by atomic mass is 32.1. The number of fused-ring (bicyclic) bond motifs is 3. The van der Waals surface area contributed by atoms with Crippen molar-refractivity contribution in [3.05, 3.63) is 65.2 Å². The van der Waals surface area contributed by atoms with Gasteiger partial charge in [-0.2, -0.15) is 13.2 Å². The third kappa shape index (κ3) is 5.51. The number of carbonyl (C=O) groups excluding carboxylic acids is 1. The maximum absolute atomic E-state index is 13.5. The summed E-state index contributed by atoms with van der Waals surface area (Å²) in [4.78, 5) is 19.9. The number of halogens is 3. The molecule has 2 atom stereocenters. The summed E-state index contributed by atoms with van der Waals surface area (Å²) in [5, 5.41) is 3.89. The molecule has 0 aliphatic carbocycles. The molecule has 3 heterocycles. The Balaban J connectivity index is 1.28. The third-order valence-electron chi connectivity index (χ3n) is 7.33. The van der Waals surface area contributed by atoms with Crippen molar-refractivity contribution in [2.24, 2.45) is 0 Å². The maximum atomic E-state index is 13.5. The lowest BCUT2D eigenvalue weighted by Crippen LogP contribution is -2.56. The number of thiazole rings is 1. The van der Waals surface area contributed by atoms with Gasteiger partial charge >= 0.3 is 6.18 Å². The average molecular weight is 546 g/mol. The average Bonchev–Trinajstić information content (AvgIpc) is 3.29. The molecule has 2 bridgehead atoms. The lowest BCUT2D eigenvalue weighted by Gasteiger charge is -2.48. The van der Waals surface area contributed by atoms with Crippen molar-refractivity contribution >= 4 is 27.5 Å². The molecule has 1 N–H and O–H groups in total. The molecule has 0 saturated carbocycles. The van der Waals surface area contributed by atoms with Crippen LogP contribution in [0, 0.1) is 0 Å². The van der Waals surface area contributed by atoms with E-state index in [1.54, 1.807) is 37.5 Å². The van der Waals surface area contributed by atoms with Gasteiger partial charge in [-0.25, -0.2) is 4.98 Å². The molecule has 38 heavy (non-hydrogen) atoms. The number of nitrogens with one attached hydrogen (secondary N) is 1. The van der Waals surface area contributed by atoms with Crippen molar-refractivity contribution in [2.45, 2.75) is 63.0 Å². The molecule has 1 aromatic heterocycles. The minimum absolute atomic E-state index is 0.0147. The van der Waals surface area contributed by atoms with Crippen LogP contribution in [-0.2, 0) is 12.7 Å². The third-order valence-corrected chi connectivity index (χ3v) is 8.34. The number of alkyl halides is 3. The normalized spacial score (nSPS) is 21.7. The number of nitrogens with zero attached hydrogens (tertiary/aromatic N) is 2. The second-order valence-electron chi connectivity index (χ2n) is 9.78. The molecule has 2 unspecified atom stereocenters. The van der Waals surface area contributed by atoms with Crippen LogP contribution in [0.15, 0.2) is 49.1 Å². The van der Waals surface area contributed by atoms with Crippen LogP contribution in [-0.4, -0.2) is 47.6 Å². The molecule has 2 saturated heterocycles. The maximum Gasteiger partial charge on any atom is 0.418 e. The fourth-order valence-electron chi connectivity index (χ4n) is 5.65. The number of piperidine rings is 2. The van der Waals surface area contributed by atoms with Gasteiger partial charge in [-0.3, -0.25) is 9.69 Å². The number of para-hydroxylation sites is 1. The molecule has 2 aromatic carbocycles. The second kappa shape index (κ2) is 10.9. The van der Waals surface area contributed by atoms with Crippen molar-refractivity contribution < 1.29 is 27.4 Å². The van der Waals surface area contributed by atoms with E-state index in [-0.39, 0.29) is 29.5 Å². The number of methoxy groups -OCH3 is 1. The Morgan fingerprint density at radius 2 is 1.97 bits per heavy atom. The predicted molar refractivity (Wildman–Crippen MR) is 141 cm³/mol. The summed E-state index contributed by atoms with van der Waals surface area (Å²) in [5.74, 6) is 0.859. The topological polar surface area (TPSA) is 63.7 Å². The summed E-state index contributed by atoms with van der Waals surface area (Å²) in [5.41, 5.74) is -0.161. The first-order valence-corrected chi connectivity index (χ1v) is 13.5. The van der Waals surface area contributed by atoms with Crippen molar-refractivity contribution in [1.82, 2.24) is 15.2 Å². The zero-order chi connectivity index (χ0) is 26.9. The van der Waals surface area contributed by atoms with Crippen LogP contribution in [0.2, 0.25) is 0 Å². The number of hydrogen-bond acceptors (Lipinski definition) is 6. The number of ether oxygens (including phenoxy) is 2. The van der Waals surface area contributed by atoms with E-state index in [1.165, 1.54) is 17.4 Å². The number of carbonyl (C=O) groups is 1. The molecule has 0 spiro atoms. The molecule has 0 radical (unpaired) electrons. The van der Waals surface area contributed by atoms with E-state index in [0.29, 0.717) is 39.9 Å². The van der Waals surface area contributed by atoms with Gasteiger partial charge in [0.15, 0.2) is 11.5 Å². The monoisotopic (exact) mass is 545 g/mol. The van der Waals surface area contributed by atoms with Crippen LogP contribution in [0.3, 0.4) is 0 Å². The summed E-state index contributed by atoms with van der Waals surface area (Å²) in [6, 6.07) is 9.83. The van der Waals surface area contributed by atoms with Crippen LogP contribution in [0.4, 0.5) is 13.2 Å². The van der Waals surface area contributed by atoms with E-state index >= 15 is 0 Å². The van der Waals surface area contributed by atoms with Gasteiger partial charge in [0.25, 0.3) is 5.91 Å². The van der Waals surface area contributed by atoms with Crippen LogP contribution in [0.1, 0.15) is 53.0 Å². The second-order valence-corrected chi connectivity index (χ2v) is 10.9. The predicted octanol–water partition coefficient (Wildman–Crippen LogP) is 6.20. The standard InChI is InChI=1S/C28H30F3N3O3S/c1-3-12-37-23-13-17(10-11-22(23)36-2)27(35)32-18-14-19-6-4-7-20(15-18)34(19)16-25-33-26-21(28(29,30)31)8-5-9-24(26)38-25/h3,5,8-11,13,18-20H,1,4,6-7,12,14-16H2,2H3,(H,32,35). The first-order chi connectivity index (χ1) is 18.3. The molecule has 1 amide bonds. The molecule has 2 aliphatic heterocycles. The van der Waals surface area contributed by atoms with Gasteiger partial charge in [0.05, 0.1) is 29.4 Å². The molecular formula is C28H30F3N3O3S. The quantitative estimate of drug-likeness (QED) is 0.342. The smallest absolute Gasteiger partial charge is 0.418 e. The van der Waals surface area contributed by atoms with Gasteiger partial charge in [0, 0.05) is 23.7 Å². The lowest BCUT2D eigenvalue weighted by atomic mass is 9.81. The van der Waals surface area contributed by atoms with E-state index in [1.807, 2.05) is 0 Å². The van der Waals surface area contributed by atoms with E-state index in [4.69, 9.17) is 9.47 Å². The van der Waals surface area contributed by atoms with Gasteiger partial charge in [0.1, 0.15) is 11.6 Å². The van der Waals surface area contributed by atoms with E-state index in [9.17, 15) is 18.0 Å². The van der Waals surface area contributed by atoms with Crippen LogP contribution < -0.4 is 14.8 Å². The Bertz CT molecular complexity index is 1310. The van der Waals surface area contributed by atoms with Gasteiger partial charge in [0.2, 0.25) is 0 Å². The highest BCUT2D eigenvalue weighted by Gasteiger charge is 2.39. The van der Waals surface area contributed by atoms with Gasteiger partial charge in [-0.05, 0) is 56.0 Å². The van der Waals surface area contributed by atoms with Crippen molar-refractivity contribution in [3.63, 3.8) is 0 Å². The van der Waals surface area contributed by atoms with Gasteiger partial charge in [-0.1, -0.05) is 25.1 Å². The molecule has 2 aliphatic rings.